The molecule has 5 nitrogen and oxygen atoms in total. The van der Waals surface area contributed by atoms with Gasteiger partial charge in [-0.15, -0.1) is 0 Å². The van der Waals surface area contributed by atoms with E-state index in [-0.39, 0.29) is 6.54 Å². The Morgan fingerprint density at radius 1 is 1.32 bits per heavy atom. The summed E-state index contributed by atoms with van der Waals surface area (Å²) < 4.78 is 0. The number of benzene rings is 1. The van der Waals surface area contributed by atoms with Gasteiger partial charge in [-0.05, 0) is 50.1 Å². The lowest BCUT2D eigenvalue weighted by atomic mass is 10.0. The molecular formula is C19H24ClN3O2. The predicted molar refractivity (Wildman–Crippen MR) is 102 cm³/mol. The molecule has 0 aliphatic carbocycles. The van der Waals surface area contributed by atoms with Crippen molar-refractivity contribution in [3.05, 3.63) is 34.9 Å². The number of likely N-dealkylation sites (N-methyl/N-ethyl adjacent to an activating group) is 1. The highest BCUT2D eigenvalue weighted by Gasteiger charge is 2.25. The van der Waals surface area contributed by atoms with Crippen LogP contribution in [0, 0.1) is 6.92 Å². The van der Waals surface area contributed by atoms with Gasteiger partial charge in [0.15, 0.2) is 0 Å². The highest BCUT2D eigenvalue weighted by atomic mass is 35.5. The minimum absolute atomic E-state index is 0.118. The normalized spacial score (nSPS) is 15.9. The van der Waals surface area contributed by atoms with Crippen LogP contribution in [0.5, 0.6) is 0 Å². The van der Waals surface area contributed by atoms with Gasteiger partial charge in [-0.3, -0.25) is 9.69 Å². The number of carboxylic acids is 1. The number of aromatic nitrogens is 1. The van der Waals surface area contributed by atoms with E-state index in [9.17, 15) is 4.79 Å². The van der Waals surface area contributed by atoms with E-state index >= 15 is 0 Å². The summed E-state index contributed by atoms with van der Waals surface area (Å²) in [5.41, 5.74) is 2.07. The first kappa shape index (κ1) is 18.0. The molecule has 1 fully saturated rings. The molecule has 0 atom stereocenters. The molecule has 3 rings (SSSR count). The SMILES string of the molecule is CCN(CC(=O)O)C1CCN(c2ccc3c(Cl)ccc(C)c3n2)CC1. The molecule has 1 aliphatic rings. The average Bonchev–Trinajstić information content (AvgIpc) is 2.62. The second-order valence-electron chi connectivity index (χ2n) is 6.60. The Morgan fingerprint density at radius 2 is 2.04 bits per heavy atom. The van der Waals surface area contributed by atoms with Crippen molar-refractivity contribution in [1.82, 2.24) is 9.88 Å². The highest BCUT2D eigenvalue weighted by molar-refractivity contribution is 6.35. The van der Waals surface area contributed by atoms with Crippen molar-refractivity contribution < 1.29 is 9.90 Å². The number of aliphatic carboxylic acids is 1. The van der Waals surface area contributed by atoms with E-state index in [4.69, 9.17) is 21.7 Å². The largest absolute Gasteiger partial charge is 0.480 e. The Balaban J connectivity index is 1.74. The Labute approximate surface area is 153 Å². The molecular weight excluding hydrogens is 338 g/mol. The van der Waals surface area contributed by atoms with Gasteiger partial charge in [0.1, 0.15) is 5.82 Å². The summed E-state index contributed by atoms with van der Waals surface area (Å²) in [6, 6.07) is 8.31. The fraction of sp³-hybridized carbons (Fsp3) is 0.474. The maximum absolute atomic E-state index is 11.0. The lowest BCUT2D eigenvalue weighted by Crippen LogP contribution is -2.46. The number of nitrogens with zero attached hydrogens (tertiary/aromatic N) is 3. The quantitative estimate of drug-likeness (QED) is 0.882. The third-order valence-electron chi connectivity index (χ3n) is 5.04. The number of piperidine rings is 1. The second-order valence-corrected chi connectivity index (χ2v) is 7.01. The minimum atomic E-state index is -0.757. The highest BCUT2D eigenvalue weighted by Crippen LogP contribution is 2.28. The minimum Gasteiger partial charge on any atom is -0.480 e. The van der Waals surface area contributed by atoms with Gasteiger partial charge in [-0.25, -0.2) is 4.98 Å². The Hall–Kier alpha value is -1.85. The molecule has 0 spiro atoms. The zero-order valence-electron chi connectivity index (χ0n) is 14.7. The fourth-order valence-corrected chi connectivity index (χ4v) is 3.83. The predicted octanol–water partition coefficient (Wildman–Crippen LogP) is 3.57. The topological polar surface area (TPSA) is 56.7 Å². The third kappa shape index (κ3) is 3.88. The summed E-state index contributed by atoms with van der Waals surface area (Å²) in [7, 11) is 0. The number of aryl methyl sites for hydroxylation is 1. The van der Waals surface area contributed by atoms with Crippen LogP contribution in [-0.4, -0.2) is 53.2 Å². The van der Waals surface area contributed by atoms with E-state index < -0.39 is 5.97 Å². The van der Waals surface area contributed by atoms with Crippen LogP contribution in [0.4, 0.5) is 5.82 Å². The third-order valence-corrected chi connectivity index (χ3v) is 5.37. The Bertz CT molecular complexity index is 773. The van der Waals surface area contributed by atoms with Crippen molar-refractivity contribution in [3.8, 4) is 0 Å². The lowest BCUT2D eigenvalue weighted by Gasteiger charge is -2.38. The molecule has 1 N–H and O–H groups in total. The van der Waals surface area contributed by atoms with Gasteiger partial charge in [0.05, 0.1) is 12.1 Å². The smallest absolute Gasteiger partial charge is 0.317 e. The van der Waals surface area contributed by atoms with Crippen LogP contribution in [0.25, 0.3) is 10.9 Å². The number of carbonyl (C=O) groups is 1. The van der Waals surface area contributed by atoms with E-state index in [0.29, 0.717) is 6.04 Å². The number of carboxylic acid groups (broad SMARTS) is 1. The van der Waals surface area contributed by atoms with E-state index in [2.05, 4.69) is 9.80 Å². The molecule has 1 aromatic carbocycles. The van der Waals surface area contributed by atoms with Gasteiger partial charge in [0.2, 0.25) is 0 Å². The first-order valence-corrected chi connectivity index (χ1v) is 9.14. The number of pyridine rings is 1. The molecule has 1 aliphatic heterocycles. The molecule has 2 aromatic rings. The molecule has 0 unspecified atom stereocenters. The van der Waals surface area contributed by atoms with Gasteiger partial charge in [-0.1, -0.05) is 24.6 Å². The molecule has 0 bridgehead atoms. The van der Waals surface area contributed by atoms with E-state index in [1.165, 1.54) is 0 Å². The molecule has 25 heavy (non-hydrogen) atoms. The number of rotatable bonds is 5. The Morgan fingerprint density at radius 3 is 2.68 bits per heavy atom. The molecule has 1 aromatic heterocycles. The number of halogens is 1. The van der Waals surface area contributed by atoms with Crippen LogP contribution in [-0.2, 0) is 4.79 Å². The van der Waals surface area contributed by atoms with Crippen molar-refractivity contribution in [3.63, 3.8) is 0 Å². The molecule has 2 heterocycles. The molecule has 0 amide bonds. The number of hydrogen-bond donors (Lipinski definition) is 1. The van der Waals surface area contributed by atoms with Crippen LogP contribution in [0.1, 0.15) is 25.3 Å². The monoisotopic (exact) mass is 361 g/mol. The van der Waals surface area contributed by atoms with Crippen LogP contribution in [0.2, 0.25) is 5.02 Å². The lowest BCUT2D eigenvalue weighted by molar-refractivity contribution is -0.139. The summed E-state index contributed by atoms with van der Waals surface area (Å²) in [4.78, 5) is 20.2. The number of anilines is 1. The van der Waals surface area contributed by atoms with Crippen molar-refractivity contribution in [2.75, 3.05) is 31.1 Å². The zero-order valence-corrected chi connectivity index (χ0v) is 15.5. The number of fused-ring (bicyclic) bond motifs is 1. The van der Waals surface area contributed by atoms with Crippen LogP contribution >= 0.6 is 11.6 Å². The first-order chi connectivity index (χ1) is 12.0. The van der Waals surface area contributed by atoms with Gasteiger partial charge >= 0.3 is 5.97 Å². The zero-order chi connectivity index (χ0) is 18.0. The van der Waals surface area contributed by atoms with E-state index in [1.54, 1.807) is 0 Å². The van der Waals surface area contributed by atoms with Crippen molar-refractivity contribution in [2.24, 2.45) is 0 Å². The summed E-state index contributed by atoms with van der Waals surface area (Å²) in [5, 5.41) is 10.8. The molecule has 0 saturated carbocycles. The maximum Gasteiger partial charge on any atom is 0.317 e. The van der Waals surface area contributed by atoms with Crippen molar-refractivity contribution in [1.29, 1.82) is 0 Å². The van der Waals surface area contributed by atoms with Crippen molar-refractivity contribution >= 4 is 34.3 Å². The van der Waals surface area contributed by atoms with Crippen LogP contribution < -0.4 is 4.90 Å². The van der Waals surface area contributed by atoms with E-state index in [1.807, 2.05) is 38.1 Å². The van der Waals surface area contributed by atoms with Crippen LogP contribution in [0.3, 0.4) is 0 Å². The van der Waals surface area contributed by atoms with E-state index in [0.717, 1.165) is 59.8 Å². The summed E-state index contributed by atoms with van der Waals surface area (Å²) >= 11 is 6.27. The molecule has 0 radical (unpaired) electrons. The van der Waals surface area contributed by atoms with Gasteiger partial charge in [0.25, 0.3) is 0 Å². The summed E-state index contributed by atoms with van der Waals surface area (Å²) in [6.07, 6.45) is 1.91. The fourth-order valence-electron chi connectivity index (χ4n) is 3.62. The van der Waals surface area contributed by atoms with Crippen LogP contribution in [0.15, 0.2) is 24.3 Å². The summed E-state index contributed by atoms with van der Waals surface area (Å²) in [6.45, 7) is 6.73. The summed E-state index contributed by atoms with van der Waals surface area (Å²) in [5.74, 6) is 0.213. The van der Waals surface area contributed by atoms with Gasteiger partial charge < -0.3 is 10.0 Å². The average molecular weight is 362 g/mol. The van der Waals surface area contributed by atoms with Gasteiger partial charge in [0, 0.05) is 29.5 Å². The van der Waals surface area contributed by atoms with Crippen molar-refractivity contribution in [2.45, 2.75) is 32.7 Å². The van der Waals surface area contributed by atoms with Gasteiger partial charge in [-0.2, -0.15) is 0 Å². The number of hydrogen-bond acceptors (Lipinski definition) is 4. The molecule has 1 saturated heterocycles. The standard InChI is InChI=1S/C19H24ClN3O2/c1-3-22(12-18(24)25)14-8-10-23(11-9-14)17-7-5-15-16(20)6-4-13(2)19(15)21-17/h4-7,14H,3,8-12H2,1-2H3,(H,24,25). The molecule has 134 valence electrons. The molecule has 6 heteroatoms. The second kappa shape index (κ2) is 7.58. The first-order valence-electron chi connectivity index (χ1n) is 8.76. The maximum atomic E-state index is 11.0. The Kier molecular flexibility index (Phi) is 5.45.